The Morgan fingerprint density at radius 1 is 1.50 bits per heavy atom. The second-order valence-electron chi connectivity index (χ2n) is 2.79. The van der Waals surface area contributed by atoms with E-state index in [4.69, 9.17) is 4.74 Å². The number of carbonyl (C=O) groups excluding carboxylic acids is 1. The number of hydrogen-bond donors (Lipinski definition) is 0. The molecule has 0 amide bonds. The van der Waals surface area contributed by atoms with Gasteiger partial charge >= 0.3 is 0 Å². The summed E-state index contributed by atoms with van der Waals surface area (Å²) in [5.41, 5.74) is 1.63. The van der Waals surface area contributed by atoms with E-state index in [0.717, 1.165) is 17.7 Å². The fourth-order valence-corrected chi connectivity index (χ4v) is 1.39. The van der Waals surface area contributed by atoms with E-state index in [-0.39, 0.29) is 5.78 Å². The number of Topliss-reactive ketones (excluding diaryl/α,β-unsaturated/α-hetero) is 1. The molecule has 2 rings (SSSR count). The summed E-state index contributed by atoms with van der Waals surface area (Å²) in [6, 6.07) is 1.76. The molecule has 12 heavy (non-hydrogen) atoms. The minimum atomic E-state index is 0.177. The number of hydrogen-bond acceptors (Lipinski definition) is 3. The van der Waals surface area contributed by atoms with Gasteiger partial charge in [-0.3, -0.25) is 9.78 Å². The highest BCUT2D eigenvalue weighted by atomic mass is 16.5. The molecule has 0 N–H and O–H groups in total. The van der Waals surface area contributed by atoms with Crippen LogP contribution in [0.3, 0.4) is 0 Å². The minimum absolute atomic E-state index is 0.177. The number of carbonyl (C=O) groups is 1. The summed E-state index contributed by atoms with van der Waals surface area (Å²) in [7, 11) is 1.57. The predicted octanol–water partition coefficient (Wildman–Crippen LogP) is 1.22. The first-order valence-corrected chi connectivity index (χ1v) is 3.87. The van der Waals surface area contributed by atoms with E-state index in [1.807, 2.05) is 0 Å². The van der Waals surface area contributed by atoms with Crippen molar-refractivity contribution < 1.29 is 9.53 Å². The molecule has 0 saturated carbocycles. The zero-order valence-electron chi connectivity index (χ0n) is 6.83. The Morgan fingerprint density at radius 2 is 2.33 bits per heavy atom. The highest BCUT2D eigenvalue weighted by Crippen LogP contribution is 2.23. The molecule has 0 bridgehead atoms. The zero-order chi connectivity index (χ0) is 8.55. The summed E-state index contributed by atoms with van der Waals surface area (Å²) < 4.78 is 4.97. The summed E-state index contributed by atoms with van der Waals surface area (Å²) in [6.45, 7) is 0. The first-order chi connectivity index (χ1) is 5.81. The molecule has 0 saturated heterocycles. The highest BCUT2D eigenvalue weighted by molar-refractivity contribution is 6.00. The summed E-state index contributed by atoms with van der Waals surface area (Å²) in [5.74, 6) is 0.834. The van der Waals surface area contributed by atoms with E-state index in [0.29, 0.717) is 12.2 Å². The average molecular weight is 163 g/mol. The number of ether oxygens (including phenoxy) is 1. The van der Waals surface area contributed by atoms with Crippen molar-refractivity contribution in [2.24, 2.45) is 0 Å². The number of pyridine rings is 1. The molecule has 0 radical (unpaired) electrons. The fourth-order valence-electron chi connectivity index (χ4n) is 1.39. The van der Waals surface area contributed by atoms with Gasteiger partial charge in [-0.25, -0.2) is 0 Å². The van der Waals surface area contributed by atoms with Gasteiger partial charge in [0.25, 0.3) is 0 Å². The van der Waals surface area contributed by atoms with Crippen LogP contribution in [0.4, 0.5) is 0 Å². The fraction of sp³-hybridized carbons (Fsp3) is 0.333. The van der Waals surface area contributed by atoms with Crippen molar-refractivity contribution in [2.45, 2.75) is 12.8 Å². The second kappa shape index (κ2) is 2.59. The molecule has 3 nitrogen and oxygen atoms in total. The summed E-state index contributed by atoms with van der Waals surface area (Å²) in [6.07, 6.45) is 3.02. The van der Waals surface area contributed by atoms with Crippen LogP contribution in [-0.2, 0) is 6.42 Å². The topological polar surface area (TPSA) is 39.2 Å². The average Bonchev–Trinajstić information content (AvgIpc) is 2.47. The molecule has 1 aliphatic carbocycles. The molecule has 1 aliphatic rings. The SMILES string of the molecule is COc1cnc2c(c1)C(=O)CC2. The van der Waals surface area contributed by atoms with E-state index >= 15 is 0 Å². The third-order valence-electron chi connectivity index (χ3n) is 2.07. The van der Waals surface area contributed by atoms with Crippen molar-refractivity contribution in [3.8, 4) is 5.75 Å². The molecule has 3 heteroatoms. The van der Waals surface area contributed by atoms with Crippen LogP contribution in [0.5, 0.6) is 5.75 Å². The van der Waals surface area contributed by atoms with Crippen LogP contribution >= 0.6 is 0 Å². The van der Waals surface area contributed by atoms with E-state index < -0.39 is 0 Å². The Labute approximate surface area is 70.4 Å². The monoisotopic (exact) mass is 163 g/mol. The lowest BCUT2D eigenvalue weighted by atomic mass is 10.2. The van der Waals surface area contributed by atoms with Gasteiger partial charge in [0.05, 0.1) is 19.0 Å². The number of nitrogens with zero attached hydrogens (tertiary/aromatic N) is 1. The van der Waals surface area contributed by atoms with Crippen LogP contribution in [0.25, 0.3) is 0 Å². The normalized spacial score (nSPS) is 14.6. The molecule has 0 atom stereocenters. The third-order valence-corrected chi connectivity index (χ3v) is 2.07. The summed E-state index contributed by atoms with van der Waals surface area (Å²) >= 11 is 0. The van der Waals surface area contributed by atoms with E-state index in [1.54, 1.807) is 19.4 Å². The molecule has 0 fully saturated rings. The maximum atomic E-state index is 11.2. The van der Waals surface area contributed by atoms with E-state index in [9.17, 15) is 4.79 Å². The lowest BCUT2D eigenvalue weighted by Gasteiger charge is -2.00. The van der Waals surface area contributed by atoms with Crippen LogP contribution in [-0.4, -0.2) is 17.9 Å². The smallest absolute Gasteiger partial charge is 0.165 e. The Kier molecular flexibility index (Phi) is 1.57. The minimum Gasteiger partial charge on any atom is -0.495 e. The van der Waals surface area contributed by atoms with Gasteiger partial charge in [-0.05, 0) is 12.5 Å². The Morgan fingerprint density at radius 3 is 3.08 bits per heavy atom. The quantitative estimate of drug-likeness (QED) is 0.624. The van der Waals surface area contributed by atoms with E-state index in [2.05, 4.69) is 4.98 Å². The summed E-state index contributed by atoms with van der Waals surface area (Å²) in [4.78, 5) is 15.4. The van der Waals surface area contributed by atoms with Gasteiger partial charge in [0.1, 0.15) is 5.75 Å². The number of fused-ring (bicyclic) bond motifs is 1. The van der Waals surface area contributed by atoms with Gasteiger partial charge in [-0.1, -0.05) is 0 Å². The van der Waals surface area contributed by atoms with Crippen molar-refractivity contribution in [1.82, 2.24) is 4.98 Å². The lowest BCUT2D eigenvalue weighted by molar-refractivity contribution is 0.0994. The van der Waals surface area contributed by atoms with Gasteiger partial charge < -0.3 is 4.74 Å². The van der Waals surface area contributed by atoms with Gasteiger partial charge in [0.2, 0.25) is 0 Å². The molecule has 62 valence electrons. The van der Waals surface area contributed by atoms with Gasteiger partial charge in [0.15, 0.2) is 5.78 Å². The lowest BCUT2D eigenvalue weighted by Crippen LogP contribution is -1.94. The number of ketones is 1. The van der Waals surface area contributed by atoms with Crippen LogP contribution in [0.2, 0.25) is 0 Å². The van der Waals surface area contributed by atoms with Crippen molar-refractivity contribution in [2.75, 3.05) is 7.11 Å². The molecule has 0 spiro atoms. The standard InChI is InChI=1S/C9H9NO2/c1-12-6-4-7-8(10-5-6)2-3-9(7)11/h4-5H,2-3H2,1H3. The predicted molar refractivity (Wildman–Crippen MR) is 43.4 cm³/mol. The van der Waals surface area contributed by atoms with Crippen molar-refractivity contribution >= 4 is 5.78 Å². The number of methoxy groups -OCH3 is 1. The van der Waals surface area contributed by atoms with Crippen molar-refractivity contribution in [3.05, 3.63) is 23.5 Å². The maximum absolute atomic E-state index is 11.2. The Balaban J connectivity index is 2.50. The molecule has 1 aromatic heterocycles. The van der Waals surface area contributed by atoms with Gasteiger partial charge in [0, 0.05) is 12.0 Å². The first kappa shape index (κ1) is 7.28. The summed E-state index contributed by atoms with van der Waals surface area (Å²) in [5, 5.41) is 0. The molecule has 0 aliphatic heterocycles. The number of aryl methyl sites for hydroxylation is 1. The van der Waals surface area contributed by atoms with Crippen LogP contribution in [0, 0.1) is 0 Å². The first-order valence-electron chi connectivity index (χ1n) is 3.87. The maximum Gasteiger partial charge on any atom is 0.165 e. The Hall–Kier alpha value is -1.38. The highest BCUT2D eigenvalue weighted by Gasteiger charge is 2.20. The molecular weight excluding hydrogens is 154 g/mol. The number of aromatic nitrogens is 1. The molecule has 1 heterocycles. The Bertz CT molecular complexity index is 333. The zero-order valence-corrected chi connectivity index (χ0v) is 6.83. The van der Waals surface area contributed by atoms with Crippen molar-refractivity contribution in [3.63, 3.8) is 0 Å². The van der Waals surface area contributed by atoms with Crippen LogP contribution in [0.1, 0.15) is 22.5 Å². The third kappa shape index (κ3) is 0.978. The van der Waals surface area contributed by atoms with Gasteiger partial charge in [-0.2, -0.15) is 0 Å². The molecular formula is C9H9NO2. The van der Waals surface area contributed by atoms with Crippen molar-refractivity contribution in [1.29, 1.82) is 0 Å². The van der Waals surface area contributed by atoms with Crippen LogP contribution < -0.4 is 4.74 Å². The second-order valence-corrected chi connectivity index (χ2v) is 2.79. The number of rotatable bonds is 1. The molecule has 1 aromatic rings. The van der Waals surface area contributed by atoms with Gasteiger partial charge in [-0.15, -0.1) is 0 Å². The largest absolute Gasteiger partial charge is 0.495 e. The van der Waals surface area contributed by atoms with Crippen LogP contribution in [0.15, 0.2) is 12.3 Å². The molecule has 0 aromatic carbocycles. The van der Waals surface area contributed by atoms with E-state index in [1.165, 1.54) is 0 Å². The molecule has 0 unspecified atom stereocenters.